The minimum atomic E-state index is -0.446. The molecule has 0 aliphatic carbocycles. The minimum Gasteiger partial charge on any atom is -0.504 e. The fourth-order valence-corrected chi connectivity index (χ4v) is 1.71. The van der Waals surface area contributed by atoms with Crippen LogP contribution in [0.3, 0.4) is 0 Å². The monoisotopic (exact) mass is 281 g/mol. The molecule has 0 spiro atoms. The lowest BCUT2D eigenvalue weighted by molar-refractivity contribution is 0.471. The van der Waals surface area contributed by atoms with Crippen molar-refractivity contribution in [2.45, 2.75) is 0 Å². The summed E-state index contributed by atoms with van der Waals surface area (Å²) in [6.45, 7) is 0. The smallest absolute Gasteiger partial charge is 0.275 e. The number of aromatic hydroxyl groups is 1. The van der Waals surface area contributed by atoms with Crippen LogP contribution in [0.1, 0.15) is 0 Å². The van der Waals surface area contributed by atoms with Crippen molar-refractivity contribution in [1.82, 2.24) is 9.78 Å². The van der Waals surface area contributed by atoms with Crippen molar-refractivity contribution < 1.29 is 5.11 Å². The molecule has 0 radical (unpaired) electrons. The van der Waals surface area contributed by atoms with Crippen LogP contribution in [0.5, 0.6) is 5.75 Å². The fourth-order valence-electron chi connectivity index (χ4n) is 1.26. The molecule has 0 atom stereocenters. The van der Waals surface area contributed by atoms with E-state index in [9.17, 15) is 9.90 Å². The standard InChI is InChI=1S/C10H8BrN3O2/c11-6-3-1-2-4-7(6)14-9(16)5-8(15)10(12)13-14/h1-5,15H,(H2,12,13). The molecule has 82 valence electrons. The summed E-state index contributed by atoms with van der Waals surface area (Å²) in [4.78, 5) is 11.6. The van der Waals surface area contributed by atoms with Gasteiger partial charge < -0.3 is 10.8 Å². The van der Waals surface area contributed by atoms with E-state index in [2.05, 4.69) is 21.0 Å². The van der Waals surface area contributed by atoms with Gasteiger partial charge in [-0.25, -0.2) is 0 Å². The van der Waals surface area contributed by atoms with Crippen LogP contribution < -0.4 is 11.3 Å². The zero-order valence-corrected chi connectivity index (χ0v) is 9.68. The van der Waals surface area contributed by atoms with Crippen LogP contribution in [0.15, 0.2) is 39.6 Å². The van der Waals surface area contributed by atoms with Crippen molar-refractivity contribution in [3.8, 4) is 11.4 Å². The van der Waals surface area contributed by atoms with Crippen molar-refractivity contribution in [2.75, 3.05) is 5.73 Å². The van der Waals surface area contributed by atoms with Gasteiger partial charge in [0.25, 0.3) is 5.56 Å². The van der Waals surface area contributed by atoms with Crippen molar-refractivity contribution in [3.05, 3.63) is 45.2 Å². The molecule has 2 aromatic rings. The Labute approximate surface area is 99.3 Å². The lowest BCUT2D eigenvalue weighted by Gasteiger charge is -2.07. The van der Waals surface area contributed by atoms with Gasteiger partial charge in [-0.2, -0.15) is 4.68 Å². The molecule has 1 heterocycles. The van der Waals surface area contributed by atoms with E-state index in [4.69, 9.17) is 5.73 Å². The first-order valence-electron chi connectivity index (χ1n) is 4.43. The highest BCUT2D eigenvalue weighted by atomic mass is 79.9. The summed E-state index contributed by atoms with van der Waals surface area (Å²) in [6, 6.07) is 8.13. The molecule has 16 heavy (non-hydrogen) atoms. The fraction of sp³-hybridized carbons (Fsp3) is 0. The molecule has 1 aromatic carbocycles. The molecule has 2 rings (SSSR count). The molecule has 0 aliphatic heterocycles. The summed E-state index contributed by atoms with van der Waals surface area (Å²) >= 11 is 3.31. The lowest BCUT2D eigenvalue weighted by atomic mass is 10.3. The van der Waals surface area contributed by atoms with Gasteiger partial charge >= 0.3 is 0 Å². The molecular formula is C10H8BrN3O2. The van der Waals surface area contributed by atoms with E-state index in [-0.39, 0.29) is 11.6 Å². The van der Waals surface area contributed by atoms with Crippen LogP contribution in [-0.4, -0.2) is 14.9 Å². The summed E-state index contributed by atoms with van der Waals surface area (Å²) < 4.78 is 1.84. The highest BCUT2D eigenvalue weighted by molar-refractivity contribution is 9.10. The molecule has 1 aromatic heterocycles. The molecule has 0 fully saturated rings. The average molecular weight is 282 g/mol. The Balaban J connectivity index is 2.70. The van der Waals surface area contributed by atoms with Gasteiger partial charge in [-0.15, -0.1) is 5.10 Å². The van der Waals surface area contributed by atoms with E-state index in [0.29, 0.717) is 5.69 Å². The SMILES string of the molecule is Nc1nn(-c2ccccc2Br)c(=O)cc1O. The summed E-state index contributed by atoms with van der Waals surface area (Å²) in [5.41, 5.74) is 5.56. The van der Waals surface area contributed by atoms with Crippen LogP contribution in [0.25, 0.3) is 5.69 Å². The van der Waals surface area contributed by atoms with E-state index in [1.807, 2.05) is 6.07 Å². The maximum absolute atomic E-state index is 11.6. The maximum atomic E-state index is 11.6. The van der Waals surface area contributed by atoms with Gasteiger partial charge in [-0.1, -0.05) is 12.1 Å². The third-order valence-electron chi connectivity index (χ3n) is 2.02. The molecule has 0 amide bonds. The normalized spacial score (nSPS) is 10.3. The first-order chi connectivity index (χ1) is 7.59. The number of hydrogen-bond acceptors (Lipinski definition) is 4. The Hall–Kier alpha value is -1.82. The molecule has 0 unspecified atom stereocenters. The number of nitrogens with zero attached hydrogens (tertiary/aromatic N) is 2. The third kappa shape index (κ3) is 1.79. The molecule has 6 heteroatoms. The number of nitrogens with two attached hydrogens (primary N) is 1. The largest absolute Gasteiger partial charge is 0.504 e. The summed E-state index contributed by atoms with van der Waals surface area (Å²) in [5.74, 6) is -0.399. The van der Waals surface area contributed by atoms with Crippen LogP contribution in [-0.2, 0) is 0 Å². The van der Waals surface area contributed by atoms with Crippen LogP contribution >= 0.6 is 15.9 Å². The zero-order valence-electron chi connectivity index (χ0n) is 8.09. The van der Waals surface area contributed by atoms with E-state index >= 15 is 0 Å². The van der Waals surface area contributed by atoms with Gasteiger partial charge in [0, 0.05) is 4.47 Å². The third-order valence-corrected chi connectivity index (χ3v) is 2.69. The number of benzene rings is 1. The van der Waals surface area contributed by atoms with Crippen molar-refractivity contribution in [2.24, 2.45) is 0 Å². The van der Waals surface area contributed by atoms with Crippen molar-refractivity contribution in [3.63, 3.8) is 0 Å². The topological polar surface area (TPSA) is 81.1 Å². The molecular weight excluding hydrogens is 274 g/mol. The van der Waals surface area contributed by atoms with E-state index in [1.165, 1.54) is 0 Å². The first-order valence-corrected chi connectivity index (χ1v) is 5.22. The van der Waals surface area contributed by atoms with Gasteiger partial charge in [-0.05, 0) is 28.1 Å². The second-order valence-corrected chi connectivity index (χ2v) is 3.97. The highest BCUT2D eigenvalue weighted by Crippen LogP contribution is 2.20. The van der Waals surface area contributed by atoms with Gasteiger partial charge in [0.2, 0.25) is 0 Å². The zero-order chi connectivity index (χ0) is 11.7. The molecule has 0 bridgehead atoms. The minimum absolute atomic E-state index is 0.0876. The second-order valence-electron chi connectivity index (χ2n) is 3.12. The Morgan fingerprint density at radius 1 is 1.38 bits per heavy atom. The second kappa shape index (κ2) is 3.97. The predicted molar refractivity (Wildman–Crippen MR) is 63.6 cm³/mol. The number of anilines is 1. The van der Waals surface area contributed by atoms with Gasteiger partial charge in [0.15, 0.2) is 11.6 Å². The average Bonchev–Trinajstić information content (AvgIpc) is 2.25. The predicted octanol–water partition coefficient (Wildman–Crippen LogP) is 1.28. The number of aromatic nitrogens is 2. The number of para-hydroxylation sites is 1. The van der Waals surface area contributed by atoms with Crippen molar-refractivity contribution in [1.29, 1.82) is 0 Å². The first kappa shape index (κ1) is 10.7. The van der Waals surface area contributed by atoms with Crippen LogP contribution in [0.4, 0.5) is 5.82 Å². The molecule has 0 saturated carbocycles. The van der Waals surface area contributed by atoms with Gasteiger partial charge in [0.1, 0.15) is 0 Å². The van der Waals surface area contributed by atoms with Crippen molar-refractivity contribution >= 4 is 21.7 Å². The lowest BCUT2D eigenvalue weighted by Crippen LogP contribution is -2.21. The number of halogens is 1. The van der Waals surface area contributed by atoms with E-state index in [0.717, 1.165) is 15.2 Å². The van der Waals surface area contributed by atoms with Gasteiger partial charge in [-0.3, -0.25) is 4.79 Å². The van der Waals surface area contributed by atoms with E-state index < -0.39 is 5.56 Å². The highest BCUT2D eigenvalue weighted by Gasteiger charge is 2.08. The molecule has 0 aliphatic rings. The van der Waals surface area contributed by atoms with E-state index in [1.54, 1.807) is 18.2 Å². The van der Waals surface area contributed by atoms with Gasteiger partial charge in [0.05, 0.1) is 11.8 Å². The van der Waals surface area contributed by atoms with Crippen LogP contribution in [0, 0.1) is 0 Å². The summed E-state index contributed by atoms with van der Waals surface area (Å²) in [6.07, 6.45) is 0. The summed E-state index contributed by atoms with van der Waals surface area (Å²) in [5, 5.41) is 13.0. The maximum Gasteiger partial charge on any atom is 0.275 e. The quantitative estimate of drug-likeness (QED) is 0.825. The molecule has 0 saturated heterocycles. The number of hydrogen-bond donors (Lipinski definition) is 2. The molecule has 5 nitrogen and oxygen atoms in total. The van der Waals surface area contributed by atoms with Crippen LogP contribution in [0.2, 0.25) is 0 Å². The Bertz CT molecular complexity index is 595. The Morgan fingerprint density at radius 2 is 2.06 bits per heavy atom. The number of nitrogen functional groups attached to an aromatic ring is 1. The molecule has 3 N–H and O–H groups in total. The summed E-state index contributed by atoms with van der Waals surface area (Å²) in [7, 11) is 0. The Kier molecular flexibility index (Phi) is 2.66. The number of rotatable bonds is 1. The Morgan fingerprint density at radius 3 is 2.75 bits per heavy atom.